The predicted octanol–water partition coefficient (Wildman–Crippen LogP) is 1.64. The standard InChI is InChI=1S/C19H28N4O2/c1-14-12-16(13-15(2)21-14)17(24)22-10-6-19(7-11-22,18(20)25)23-8-4-3-5-9-23/h12-13H,3-11H2,1-2H3,(H2,20,25). The first-order valence-corrected chi connectivity index (χ1v) is 9.22. The monoisotopic (exact) mass is 344 g/mol. The van der Waals surface area contributed by atoms with Gasteiger partial charge in [-0.25, -0.2) is 0 Å². The van der Waals surface area contributed by atoms with Crippen LogP contribution in [0, 0.1) is 13.8 Å². The number of nitrogens with zero attached hydrogens (tertiary/aromatic N) is 3. The summed E-state index contributed by atoms with van der Waals surface area (Å²) in [5.41, 5.74) is 7.60. The highest BCUT2D eigenvalue weighted by Gasteiger charge is 2.45. The summed E-state index contributed by atoms with van der Waals surface area (Å²) < 4.78 is 0. The second kappa shape index (κ2) is 7.12. The number of pyridine rings is 1. The minimum Gasteiger partial charge on any atom is -0.368 e. The lowest BCUT2D eigenvalue weighted by Gasteiger charge is -2.48. The molecule has 0 aliphatic carbocycles. The smallest absolute Gasteiger partial charge is 0.253 e. The zero-order valence-electron chi connectivity index (χ0n) is 15.3. The van der Waals surface area contributed by atoms with Gasteiger partial charge in [0.1, 0.15) is 5.54 Å². The van der Waals surface area contributed by atoms with Crippen molar-refractivity contribution in [3.63, 3.8) is 0 Å². The molecule has 1 aromatic heterocycles. The summed E-state index contributed by atoms with van der Waals surface area (Å²) in [4.78, 5) is 33.6. The molecule has 2 saturated heterocycles. The maximum atomic E-state index is 12.8. The summed E-state index contributed by atoms with van der Waals surface area (Å²) in [6.07, 6.45) is 4.70. The van der Waals surface area contributed by atoms with Crippen LogP contribution in [0.2, 0.25) is 0 Å². The molecule has 136 valence electrons. The van der Waals surface area contributed by atoms with Crippen molar-refractivity contribution >= 4 is 11.8 Å². The number of nitrogens with two attached hydrogens (primary N) is 1. The first kappa shape index (κ1) is 17.9. The Balaban J connectivity index is 1.73. The summed E-state index contributed by atoms with van der Waals surface area (Å²) >= 11 is 0. The molecule has 0 radical (unpaired) electrons. The number of aryl methyl sites for hydroxylation is 2. The maximum absolute atomic E-state index is 12.8. The SMILES string of the molecule is Cc1cc(C(=O)N2CCC(C(N)=O)(N3CCCCC3)CC2)cc(C)n1. The van der Waals surface area contributed by atoms with E-state index in [2.05, 4.69) is 9.88 Å². The van der Waals surface area contributed by atoms with Crippen LogP contribution in [-0.2, 0) is 4.79 Å². The third-order valence-electron chi connectivity index (χ3n) is 5.63. The van der Waals surface area contributed by atoms with Gasteiger partial charge in [0.05, 0.1) is 0 Å². The molecular formula is C19H28N4O2. The van der Waals surface area contributed by atoms with Crippen molar-refractivity contribution in [3.8, 4) is 0 Å². The molecule has 6 nitrogen and oxygen atoms in total. The fourth-order valence-electron chi connectivity index (χ4n) is 4.26. The number of carbonyl (C=O) groups is 2. The Morgan fingerprint density at radius 2 is 1.56 bits per heavy atom. The quantitative estimate of drug-likeness (QED) is 0.904. The van der Waals surface area contributed by atoms with Crippen molar-refractivity contribution in [3.05, 3.63) is 29.1 Å². The average molecular weight is 344 g/mol. The number of carbonyl (C=O) groups excluding carboxylic acids is 2. The topological polar surface area (TPSA) is 79.5 Å². The van der Waals surface area contributed by atoms with Crippen LogP contribution < -0.4 is 5.73 Å². The van der Waals surface area contributed by atoms with Crippen LogP contribution in [0.1, 0.15) is 53.8 Å². The van der Waals surface area contributed by atoms with Gasteiger partial charge in [0, 0.05) is 30.0 Å². The molecule has 0 saturated carbocycles. The van der Waals surface area contributed by atoms with Crippen LogP contribution in [0.3, 0.4) is 0 Å². The number of piperidine rings is 2. The normalized spacial score (nSPS) is 21.1. The van der Waals surface area contributed by atoms with Crippen LogP contribution >= 0.6 is 0 Å². The van der Waals surface area contributed by atoms with Gasteiger partial charge in [-0.2, -0.15) is 0 Å². The lowest BCUT2D eigenvalue weighted by molar-refractivity contribution is -0.134. The number of hydrogen-bond donors (Lipinski definition) is 1. The van der Waals surface area contributed by atoms with Crippen LogP contribution in [0.5, 0.6) is 0 Å². The second-order valence-electron chi connectivity index (χ2n) is 7.37. The van der Waals surface area contributed by atoms with E-state index in [-0.39, 0.29) is 11.8 Å². The van der Waals surface area contributed by atoms with E-state index in [4.69, 9.17) is 5.73 Å². The lowest BCUT2D eigenvalue weighted by atomic mass is 9.83. The van der Waals surface area contributed by atoms with Gasteiger partial charge in [-0.15, -0.1) is 0 Å². The van der Waals surface area contributed by atoms with Gasteiger partial charge < -0.3 is 10.6 Å². The number of rotatable bonds is 3. The van der Waals surface area contributed by atoms with Crippen LogP contribution in [0.25, 0.3) is 0 Å². The molecule has 0 spiro atoms. The van der Waals surface area contributed by atoms with Gasteiger partial charge in [0.2, 0.25) is 5.91 Å². The lowest BCUT2D eigenvalue weighted by Crippen LogP contribution is -2.63. The number of aromatic nitrogens is 1. The van der Waals surface area contributed by atoms with E-state index in [9.17, 15) is 9.59 Å². The fourth-order valence-corrected chi connectivity index (χ4v) is 4.26. The van der Waals surface area contributed by atoms with Crippen LogP contribution in [0.4, 0.5) is 0 Å². The Morgan fingerprint density at radius 1 is 1.00 bits per heavy atom. The number of amides is 2. The highest BCUT2D eigenvalue weighted by atomic mass is 16.2. The van der Waals surface area contributed by atoms with E-state index in [1.807, 2.05) is 30.9 Å². The van der Waals surface area contributed by atoms with Crippen molar-refractivity contribution < 1.29 is 9.59 Å². The molecule has 2 aliphatic heterocycles. The minimum absolute atomic E-state index is 0.0188. The molecule has 25 heavy (non-hydrogen) atoms. The molecule has 0 aromatic carbocycles. The molecule has 2 amide bonds. The van der Waals surface area contributed by atoms with Crippen molar-refractivity contribution in [2.75, 3.05) is 26.2 Å². The number of likely N-dealkylation sites (tertiary alicyclic amines) is 2. The van der Waals surface area contributed by atoms with E-state index in [1.165, 1.54) is 6.42 Å². The van der Waals surface area contributed by atoms with Crippen LogP contribution in [-0.4, -0.2) is 58.3 Å². The van der Waals surface area contributed by atoms with Gasteiger partial charge >= 0.3 is 0 Å². The Hall–Kier alpha value is -1.95. The van der Waals surface area contributed by atoms with Gasteiger partial charge in [0.15, 0.2) is 0 Å². The molecule has 3 heterocycles. The number of primary amides is 1. The summed E-state index contributed by atoms with van der Waals surface area (Å²) in [6, 6.07) is 3.66. The fraction of sp³-hybridized carbons (Fsp3) is 0.632. The highest BCUT2D eigenvalue weighted by Crippen LogP contribution is 2.32. The largest absolute Gasteiger partial charge is 0.368 e. The van der Waals surface area contributed by atoms with Crippen molar-refractivity contribution in [2.45, 2.75) is 51.5 Å². The highest BCUT2D eigenvalue weighted by molar-refractivity contribution is 5.95. The third-order valence-corrected chi connectivity index (χ3v) is 5.63. The molecule has 0 atom stereocenters. The van der Waals surface area contributed by atoms with Gasteiger partial charge in [0.25, 0.3) is 5.91 Å². The molecule has 0 unspecified atom stereocenters. The second-order valence-corrected chi connectivity index (χ2v) is 7.37. The number of hydrogen-bond acceptors (Lipinski definition) is 4. The molecule has 6 heteroatoms. The Labute approximate surface area is 149 Å². The van der Waals surface area contributed by atoms with Crippen molar-refractivity contribution in [1.82, 2.24) is 14.8 Å². The summed E-state index contributed by atoms with van der Waals surface area (Å²) in [7, 11) is 0. The molecule has 0 bridgehead atoms. The van der Waals surface area contributed by atoms with Gasteiger partial charge in [-0.1, -0.05) is 6.42 Å². The average Bonchev–Trinajstić information content (AvgIpc) is 2.61. The molecule has 2 fully saturated rings. The zero-order valence-corrected chi connectivity index (χ0v) is 15.3. The molecule has 2 N–H and O–H groups in total. The van der Waals surface area contributed by atoms with Gasteiger partial charge in [-0.3, -0.25) is 19.5 Å². The van der Waals surface area contributed by atoms with E-state index < -0.39 is 5.54 Å². The van der Waals surface area contributed by atoms with Crippen molar-refractivity contribution in [1.29, 1.82) is 0 Å². The molecule has 2 aliphatic rings. The van der Waals surface area contributed by atoms with E-state index in [0.29, 0.717) is 31.5 Å². The Bertz CT molecular complexity index is 639. The van der Waals surface area contributed by atoms with Crippen LogP contribution in [0.15, 0.2) is 12.1 Å². The van der Waals surface area contributed by atoms with E-state index >= 15 is 0 Å². The summed E-state index contributed by atoms with van der Waals surface area (Å²) in [5.74, 6) is -0.220. The maximum Gasteiger partial charge on any atom is 0.253 e. The van der Waals surface area contributed by atoms with Crippen molar-refractivity contribution in [2.24, 2.45) is 5.73 Å². The summed E-state index contributed by atoms with van der Waals surface area (Å²) in [6.45, 7) is 6.79. The first-order valence-electron chi connectivity index (χ1n) is 9.22. The van der Waals surface area contributed by atoms with Gasteiger partial charge in [-0.05, 0) is 64.8 Å². The third kappa shape index (κ3) is 3.54. The summed E-state index contributed by atoms with van der Waals surface area (Å²) in [5, 5.41) is 0. The van der Waals surface area contributed by atoms with E-state index in [1.54, 1.807) is 0 Å². The molecule has 3 rings (SSSR count). The Kier molecular flexibility index (Phi) is 5.08. The minimum atomic E-state index is -0.582. The predicted molar refractivity (Wildman–Crippen MR) is 96.2 cm³/mol. The molecule has 1 aromatic rings. The first-order chi connectivity index (χ1) is 11.9. The van der Waals surface area contributed by atoms with E-state index in [0.717, 1.165) is 37.3 Å². The zero-order chi connectivity index (χ0) is 18.0. The Morgan fingerprint density at radius 3 is 2.08 bits per heavy atom. The molecular weight excluding hydrogens is 316 g/mol.